The third-order valence-corrected chi connectivity index (χ3v) is 12.2. The molecule has 7 atom stereocenters. The highest BCUT2D eigenvalue weighted by Gasteiger charge is 2.35. The van der Waals surface area contributed by atoms with Crippen molar-refractivity contribution in [3.8, 4) is 6.07 Å². The SMILES string of the molecule is CC(=O)N[C@@H](CCCNC(=N)N)C(=O)N[C@H]1CCC(=O)NCCC[C@@H](C(N)=O)NC(=O)[C@H](Cc2c[nH]c3ccccc23)NC(=O)[C@H](CCCNC(=N)N)NC(=O)[C@@H](Cc2ccc(C#N)cc2)NC(=O)[C@H](CC(N)=O)NC1=O. The summed E-state index contributed by atoms with van der Waals surface area (Å²) in [6, 6.07) is 4.61. The van der Waals surface area contributed by atoms with Gasteiger partial charge in [-0.1, -0.05) is 30.3 Å². The molecule has 1 fully saturated rings. The quantitative estimate of drug-likeness (QED) is 0.0327. The number of H-pyrrole nitrogens is 1. The first-order chi connectivity index (χ1) is 36.6. The number of rotatable bonds is 18. The molecular formula is C49H68N18O10. The molecule has 28 nitrogen and oxygen atoms in total. The van der Waals surface area contributed by atoms with Crippen LogP contribution in [-0.2, 0) is 60.8 Å². The molecule has 0 radical (unpaired) electrons. The van der Waals surface area contributed by atoms with Crippen LogP contribution in [0.1, 0.15) is 81.4 Å². The van der Waals surface area contributed by atoms with E-state index in [2.05, 4.69) is 58.2 Å². The molecule has 0 spiro atoms. The van der Waals surface area contributed by atoms with Gasteiger partial charge in [0.1, 0.15) is 42.3 Å². The lowest BCUT2D eigenvalue weighted by Crippen LogP contribution is -2.61. The second-order valence-corrected chi connectivity index (χ2v) is 18.3. The molecule has 2 heterocycles. The molecule has 0 saturated carbocycles. The molecule has 1 aliphatic rings. The van der Waals surface area contributed by atoms with E-state index < -0.39 is 121 Å². The number of carbonyl (C=O) groups excluding carboxylic acids is 10. The van der Waals surface area contributed by atoms with Crippen molar-refractivity contribution < 1.29 is 47.9 Å². The van der Waals surface area contributed by atoms with E-state index in [9.17, 15) is 53.2 Å². The van der Waals surface area contributed by atoms with Crippen LogP contribution in [0.4, 0.5) is 0 Å². The first-order valence-corrected chi connectivity index (χ1v) is 24.8. The van der Waals surface area contributed by atoms with E-state index in [1.54, 1.807) is 30.5 Å². The van der Waals surface area contributed by atoms with Crippen LogP contribution >= 0.6 is 0 Å². The van der Waals surface area contributed by atoms with Gasteiger partial charge in [0.25, 0.3) is 0 Å². The molecule has 0 aliphatic carbocycles. The topological polar surface area (TPSA) is 482 Å². The third-order valence-electron chi connectivity index (χ3n) is 12.2. The Balaban J connectivity index is 1.79. The molecule has 21 N–H and O–H groups in total. The molecule has 1 aliphatic heterocycles. The van der Waals surface area contributed by atoms with Gasteiger partial charge in [-0.2, -0.15) is 5.26 Å². The Hall–Kier alpha value is -9.29. The summed E-state index contributed by atoms with van der Waals surface area (Å²) in [5.41, 5.74) is 24.2. The number of benzene rings is 2. The predicted octanol–water partition coefficient (Wildman–Crippen LogP) is -4.18. The lowest BCUT2D eigenvalue weighted by atomic mass is 10.0. The zero-order valence-corrected chi connectivity index (χ0v) is 42.5. The van der Waals surface area contributed by atoms with Crippen molar-refractivity contribution in [2.24, 2.45) is 22.9 Å². The lowest BCUT2D eigenvalue weighted by Gasteiger charge is -2.28. The predicted molar refractivity (Wildman–Crippen MR) is 279 cm³/mol. The van der Waals surface area contributed by atoms with Gasteiger partial charge in [0, 0.05) is 62.9 Å². The Kier molecular flexibility index (Phi) is 23.6. The van der Waals surface area contributed by atoms with Crippen LogP contribution in [0, 0.1) is 22.1 Å². The van der Waals surface area contributed by atoms with Crippen LogP contribution in [0.25, 0.3) is 10.9 Å². The van der Waals surface area contributed by atoms with Gasteiger partial charge >= 0.3 is 0 Å². The number of aromatic nitrogens is 1. The number of para-hydroxylation sites is 1. The normalized spacial score (nSPS) is 20.7. The number of fused-ring (bicyclic) bond motifs is 1. The van der Waals surface area contributed by atoms with Crippen LogP contribution in [0.3, 0.4) is 0 Å². The molecule has 3 aromatic rings. The average molecular weight is 1070 g/mol. The van der Waals surface area contributed by atoms with E-state index in [0.29, 0.717) is 11.1 Å². The first kappa shape index (κ1) is 60.3. The fourth-order valence-electron chi connectivity index (χ4n) is 8.23. The zero-order chi connectivity index (χ0) is 56.6. The first-order valence-electron chi connectivity index (χ1n) is 24.8. The van der Waals surface area contributed by atoms with E-state index in [0.717, 1.165) is 17.8 Å². The van der Waals surface area contributed by atoms with E-state index in [-0.39, 0.29) is 88.5 Å². The summed E-state index contributed by atoms with van der Waals surface area (Å²) in [6.07, 6.45) is -0.320. The number of aromatic amines is 1. The van der Waals surface area contributed by atoms with Crippen molar-refractivity contribution in [1.82, 2.24) is 58.2 Å². The number of nitrogens with one attached hydrogen (secondary N) is 13. The van der Waals surface area contributed by atoms with Gasteiger partial charge in [-0.3, -0.25) is 58.8 Å². The minimum atomic E-state index is -1.83. The highest BCUT2D eigenvalue weighted by Crippen LogP contribution is 2.20. The summed E-state index contributed by atoms with van der Waals surface area (Å²) in [5, 5.41) is 50.9. The summed E-state index contributed by atoms with van der Waals surface area (Å²) in [4.78, 5) is 140. The summed E-state index contributed by atoms with van der Waals surface area (Å²) in [7, 11) is 0. The third kappa shape index (κ3) is 20.5. The Morgan fingerprint density at radius 2 is 1.34 bits per heavy atom. The standard InChI is InChI=1S/C49H68N18O10/c1-26(68)61-33(10-5-19-58-48(53)54)42(72)64-35-16-17-40(70)57-18-4-9-32(41(52)71)62-46(76)37(22-29-25-60-31-8-3-2-7-30(29)31)66-43(73)34(11-6-20-59-49(55)56)63-45(75)36(21-27-12-14-28(24-50)15-13-27)65-47(77)38(23-39(51)69)67-44(35)74/h2-3,7-8,12-15,25,32-38,60H,4-6,9-11,16-23H2,1H3,(H2,51,69)(H2,52,71)(H,57,70)(H,61,68)(H,62,76)(H,63,75)(H,64,72)(H,65,77)(H,66,73)(H,67,74)(H4,53,54,58)(H4,55,56,59)/t32-,33-,34-,35-,36+,37-,38-/m0/s1. The number of carbonyl (C=O) groups is 10. The van der Waals surface area contributed by atoms with Gasteiger partial charge in [0.15, 0.2) is 11.9 Å². The van der Waals surface area contributed by atoms with Crippen LogP contribution in [0.15, 0.2) is 54.7 Å². The minimum absolute atomic E-state index is 0.00869. The molecule has 28 heteroatoms. The largest absolute Gasteiger partial charge is 0.370 e. The van der Waals surface area contributed by atoms with Crippen LogP contribution in [0.2, 0.25) is 0 Å². The summed E-state index contributed by atoms with van der Waals surface area (Å²) >= 11 is 0. The number of hydrogen-bond acceptors (Lipinski definition) is 13. The fourth-order valence-corrected chi connectivity index (χ4v) is 8.23. The Morgan fingerprint density at radius 3 is 1.97 bits per heavy atom. The molecule has 10 amide bonds. The van der Waals surface area contributed by atoms with Gasteiger partial charge < -0.3 is 81.1 Å². The Labute approximate surface area is 442 Å². The van der Waals surface area contributed by atoms with E-state index in [4.69, 9.17) is 33.8 Å². The van der Waals surface area contributed by atoms with E-state index in [1.165, 1.54) is 24.3 Å². The maximum Gasteiger partial charge on any atom is 0.243 e. The number of hydrogen-bond donors (Lipinski definition) is 17. The highest BCUT2D eigenvalue weighted by molar-refractivity contribution is 5.99. The zero-order valence-electron chi connectivity index (χ0n) is 42.5. The van der Waals surface area contributed by atoms with Crippen molar-refractivity contribution >= 4 is 81.9 Å². The number of primary amides is 2. The van der Waals surface area contributed by atoms with Gasteiger partial charge in [0.05, 0.1) is 18.1 Å². The van der Waals surface area contributed by atoms with Crippen LogP contribution in [-0.4, -0.2) is 138 Å². The second-order valence-electron chi connectivity index (χ2n) is 18.3. The van der Waals surface area contributed by atoms with Crippen molar-refractivity contribution in [1.29, 1.82) is 16.1 Å². The summed E-state index contributed by atoms with van der Waals surface area (Å²) in [6.45, 7) is 1.29. The molecule has 2 aromatic carbocycles. The van der Waals surface area contributed by atoms with Gasteiger partial charge in [-0.05, 0) is 74.3 Å². The molecule has 4 rings (SSSR count). The molecular weight excluding hydrogens is 1000 g/mol. The monoisotopic (exact) mass is 1070 g/mol. The number of nitriles is 1. The second kappa shape index (κ2) is 30.2. The van der Waals surface area contributed by atoms with Gasteiger partial charge in [0.2, 0.25) is 59.1 Å². The van der Waals surface area contributed by atoms with Gasteiger partial charge in [-0.15, -0.1) is 0 Å². The molecule has 414 valence electrons. The fraction of sp³-hybridized carbons (Fsp3) is 0.449. The number of nitrogens with two attached hydrogens (primary N) is 4. The molecule has 0 unspecified atom stereocenters. The Morgan fingerprint density at radius 1 is 0.740 bits per heavy atom. The molecule has 0 bridgehead atoms. The van der Waals surface area contributed by atoms with Crippen molar-refractivity contribution in [2.75, 3.05) is 19.6 Å². The van der Waals surface area contributed by atoms with Crippen molar-refractivity contribution in [2.45, 2.75) is 120 Å². The van der Waals surface area contributed by atoms with Crippen LogP contribution in [0.5, 0.6) is 0 Å². The highest BCUT2D eigenvalue weighted by atomic mass is 16.2. The average Bonchev–Trinajstić information content (AvgIpc) is 3.79. The summed E-state index contributed by atoms with van der Waals surface area (Å²) < 4.78 is 0. The van der Waals surface area contributed by atoms with Crippen molar-refractivity contribution in [3.63, 3.8) is 0 Å². The smallest absolute Gasteiger partial charge is 0.243 e. The molecule has 1 aromatic heterocycles. The van der Waals surface area contributed by atoms with E-state index in [1.807, 2.05) is 6.07 Å². The summed E-state index contributed by atoms with van der Waals surface area (Å²) in [5.74, 6) is -9.76. The lowest BCUT2D eigenvalue weighted by molar-refractivity contribution is -0.136. The number of amides is 10. The number of guanidine groups is 2. The molecule has 77 heavy (non-hydrogen) atoms. The van der Waals surface area contributed by atoms with Crippen LogP contribution < -0.4 is 76.1 Å². The Bertz CT molecular complexity index is 2690. The number of nitrogens with zero attached hydrogens (tertiary/aromatic N) is 1. The molecule has 1 saturated heterocycles. The maximum atomic E-state index is 14.6. The van der Waals surface area contributed by atoms with Crippen molar-refractivity contribution in [3.05, 3.63) is 71.4 Å². The van der Waals surface area contributed by atoms with Gasteiger partial charge in [-0.25, -0.2) is 0 Å². The minimum Gasteiger partial charge on any atom is -0.370 e. The maximum absolute atomic E-state index is 14.6. The van der Waals surface area contributed by atoms with E-state index >= 15 is 0 Å².